The summed E-state index contributed by atoms with van der Waals surface area (Å²) in [7, 11) is 0. The van der Waals surface area contributed by atoms with Crippen LogP contribution in [0, 0.1) is 0 Å². The van der Waals surface area contributed by atoms with Crippen LogP contribution in [0.15, 0.2) is 89.7 Å². The molecule has 7 nitrogen and oxygen atoms in total. The highest BCUT2D eigenvalue weighted by atomic mass is 79.9. The fourth-order valence-corrected chi connectivity index (χ4v) is 3.47. The zero-order valence-corrected chi connectivity index (χ0v) is 18.5. The lowest BCUT2D eigenvalue weighted by atomic mass is 10.1. The van der Waals surface area contributed by atoms with Crippen LogP contribution in [0.25, 0.3) is 17.3 Å². The third-order valence-electron chi connectivity index (χ3n) is 4.63. The Kier molecular flexibility index (Phi) is 6.62. The molecule has 0 saturated heterocycles. The van der Waals surface area contributed by atoms with Gasteiger partial charge in [0.1, 0.15) is 5.69 Å². The second kappa shape index (κ2) is 9.93. The Hall–Kier alpha value is -3.91. The number of carbonyl (C=O) groups is 2. The fraction of sp³-hybridized carbons (Fsp3) is 0.0417. The highest BCUT2D eigenvalue weighted by Gasteiger charge is 2.11. The van der Waals surface area contributed by atoms with Crippen molar-refractivity contribution in [3.8, 4) is 11.3 Å². The van der Waals surface area contributed by atoms with Gasteiger partial charge in [0.25, 0.3) is 11.8 Å². The van der Waals surface area contributed by atoms with Gasteiger partial charge in [-0.3, -0.25) is 25.1 Å². The minimum absolute atomic E-state index is 0.328. The van der Waals surface area contributed by atoms with Crippen LogP contribution in [0.2, 0.25) is 0 Å². The van der Waals surface area contributed by atoms with Gasteiger partial charge >= 0.3 is 0 Å². The summed E-state index contributed by atoms with van der Waals surface area (Å²) in [6, 6.07) is 21.4. The summed E-state index contributed by atoms with van der Waals surface area (Å²) < 4.78 is 2.59. The van der Waals surface area contributed by atoms with E-state index in [1.165, 1.54) is 6.08 Å². The number of hydrogen-bond donors (Lipinski definition) is 3. The molecule has 3 N–H and O–H groups in total. The minimum atomic E-state index is -0.459. The lowest BCUT2D eigenvalue weighted by Gasteiger charge is -2.03. The molecule has 0 aliphatic carbocycles. The molecule has 0 atom stereocenters. The van der Waals surface area contributed by atoms with E-state index in [2.05, 4.69) is 31.8 Å². The Labute approximate surface area is 193 Å². The molecule has 4 rings (SSSR count). The molecule has 8 heteroatoms. The standard InChI is InChI=1S/C24H20BrN5O2/c25-20-13-21(26-14-20)24(32)28-27-22(31)12-11-19-16-30(15-17-7-3-1-4-8-17)29-23(19)18-9-5-2-6-10-18/h1-14,16,26H,15H2,(H,27,31)(H,28,32)/b12-11+. The molecule has 0 bridgehead atoms. The first kappa shape index (κ1) is 21.3. The maximum atomic E-state index is 12.2. The largest absolute Gasteiger partial charge is 0.356 e. The number of nitrogens with zero attached hydrogens (tertiary/aromatic N) is 2. The second-order valence-electron chi connectivity index (χ2n) is 6.99. The summed E-state index contributed by atoms with van der Waals surface area (Å²) in [5.74, 6) is -0.906. The third kappa shape index (κ3) is 5.41. The quantitative estimate of drug-likeness (QED) is 0.280. The molecule has 2 aromatic heterocycles. The second-order valence-corrected chi connectivity index (χ2v) is 7.91. The molecule has 4 aromatic rings. The van der Waals surface area contributed by atoms with Gasteiger partial charge in [0, 0.05) is 34.1 Å². The molecule has 2 aromatic carbocycles. The zero-order chi connectivity index (χ0) is 22.3. The number of amides is 2. The molecule has 0 aliphatic heterocycles. The average Bonchev–Trinajstić information content (AvgIpc) is 3.43. The van der Waals surface area contributed by atoms with Crippen LogP contribution < -0.4 is 10.9 Å². The Bertz CT molecular complexity index is 1250. The van der Waals surface area contributed by atoms with Crippen LogP contribution in [-0.2, 0) is 11.3 Å². The number of aromatic amines is 1. The van der Waals surface area contributed by atoms with Crippen molar-refractivity contribution < 1.29 is 9.59 Å². The van der Waals surface area contributed by atoms with Crippen LogP contribution in [0.1, 0.15) is 21.6 Å². The van der Waals surface area contributed by atoms with Gasteiger partial charge in [0.2, 0.25) is 0 Å². The summed E-state index contributed by atoms with van der Waals surface area (Å²) in [4.78, 5) is 27.1. The van der Waals surface area contributed by atoms with Crippen LogP contribution in [0.5, 0.6) is 0 Å². The van der Waals surface area contributed by atoms with Gasteiger partial charge in [-0.05, 0) is 33.6 Å². The normalized spacial score (nSPS) is 10.9. The van der Waals surface area contributed by atoms with E-state index in [9.17, 15) is 9.59 Å². The molecule has 2 amide bonds. The van der Waals surface area contributed by atoms with Crippen LogP contribution in [0.4, 0.5) is 0 Å². The molecule has 0 fully saturated rings. The molecule has 0 unspecified atom stereocenters. The first-order valence-electron chi connectivity index (χ1n) is 9.87. The molecule has 2 heterocycles. The van der Waals surface area contributed by atoms with Crippen molar-refractivity contribution in [2.45, 2.75) is 6.54 Å². The molecule has 0 saturated carbocycles. The van der Waals surface area contributed by atoms with Crippen LogP contribution >= 0.6 is 15.9 Å². The number of hydrogen-bond acceptors (Lipinski definition) is 3. The van der Waals surface area contributed by atoms with E-state index in [0.717, 1.165) is 26.9 Å². The maximum absolute atomic E-state index is 12.2. The molecule has 0 aliphatic rings. The number of nitrogens with one attached hydrogen (secondary N) is 3. The predicted octanol–water partition coefficient (Wildman–Crippen LogP) is 4.16. The summed E-state index contributed by atoms with van der Waals surface area (Å²) in [5, 5.41) is 4.73. The number of H-pyrrole nitrogens is 1. The van der Waals surface area contributed by atoms with Gasteiger partial charge in [-0.2, -0.15) is 5.10 Å². The van der Waals surface area contributed by atoms with E-state index in [-0.39, 0.29) is 0 Å². The van der Waals surface area contributed by atoms with Crippen molar-refractivity contribution in [3.63, 3.8) is 0 Å². The van der Waals surface area contributed by atoms with Gasteiger partial charge < -0.3 is 4.98 Å². The first-order valence-corrected chi connectivity index (χ1v) is 10.7. The zero-order valence-electron chi connectivity index (χ0n) is 17.0. The van der Waals surface area contributed by atoms with Gasteiger partial charge in [-0.1, -0.05) is 60.7 Å². The van der Waals surface area contributed by atoms with Crippen LogP contribution in [0.3, 0.4) is 0 Å². The maximum Gasteiger partial charge on any atom is 0.286 e. The predicted molar refractivity (Wildman–Crippen MR) is 126 cm³/mol. The van der Waals surface area contributed by atoms with E-state index in [0.29, 0.717) is 12.2 Å². The van der Waals surface area contributed by atoms with E-state index < -0.39 is 11.8 Å². The number of aromatic nitrogens is 3. The molecule has 0 radical (unpaired) electrons. The lowest BCUT2D eigenvalue weighted by Crippen LogP contribution is -2.40. The average molecular weight is 490 g/mol. The molecular formula is C24H20BrN5O2. The summed E-state index contributed by atoms with van der Waals surface area (Å²) in [6.45, 7) is 0.614. The van der Waals surface area contributed by atoms with Crippen molar-refractivity contribution in [2.75, 3.05) is 0 Å². The van der Waals surface area contributed by atoms with Crippen molar-refractivity contribution in [2.24, 2.45) is 0 Å². The topological polar surface area (TPSA) is 91.8 Å². The van der Waals surface area contributed by atoms with Gasteiger partial charge in [-0.25, -0.2) is 0 Å². The number of carbonyl (C=O) groups excluding carboxylic acids is 2. The Morgan fingerprint density at radius 1 is 1.03 bits per heavy atom. The smallest absolute Gasteiger partial charge is 0.286 e. The molecule has 0 spiro atoms. The number of rotatable bonds is 6. The highest BCUT2D eigenvalue weighted by Crippen LogP contribution is 2.23. The Morgan fingerprint density at radius 3 is 2.44 bits per heavy atom. The minimum Gasteiger partial charge on any atom is -0.356 e. The number of halogens is 1. The number of benzene rings is 2. The highest BCUT2D eigenvalue weighted by molar-refractivity contribution is 9.10. The third-order valence-corrected chi connectivity index (χ3v) is 5.09. The molecule has 32 heavy (non-hydrogen) atoms. The van der Waals surface area contributed by atoms with Gasteiger partial charge in [0.05, 0.1) is 12.2 Å². The molecular weight excluding hydrogens is 470 g/mol. The summed E-state index contributed by atoms with van der Waals surface area (Å²) in [5.41, 5.74) is 8.72. The monoisotopic (exact) mass is 489 g/mol. The number of hydrazine groups is 1. The van der Waals surface area contributed by atoms with Crippen molar-refractivity contribution in [1.82, 2.24) is 25.6 Å². The Balaban J connectivity index is 1.49. The first-order chi connectivity index (χ1) is 15.6. The van der Waals surface area contributed by atoms with E-state index in [1.807, 2.05) is 71.5 Å². The van der Waals surface area contributed by atoms with Gasteiger partial charge in [0.15, 0.2) is 0 Å². The van der Waals surface area contributed by atoms with E-state index in [1.54, 1.807) is 18.3 Å². The lowest BCUT2D eigenvalue weighted by molar-refractivity contribution is -0.117. The molecule has 160 valence electrons. The fourth-order valence-electron chi connectivity index (χ4n) is 3.12. The van der Waals surface area contributed by atoms with E-state index >= 15 is 0 Å². The van der Waals surface area contributed by atoms with Crippen molar-refractivity contribution in [3.05, 3.63) is 106 Å². The summed E-state index contributed by atoms with van der Waals surface area (Å²) >= 11 is 3.26. The van der Waals surface area contributed by atoms with Crippen molar-refractivity contribution >= 4 is 33.8 Å². The van der Waals surface area contributed by atoms with E-state index in [4.69, 9.17) is 5.10 Å². The van der Waals surface area contributed by atoms with Crippen LogP contribution in [-0.4, -0.2) is 26.6 Å². The SMILES string of the molecule is O=C(/C=C/c1cn(Cc2ccccc2)nc1-c1ccccc1)NNC(=O)c1cc(Br)c[nH]1. The van der Waals surface area contributed by atoms with Crippen molar-refractivity contribution in [1.29, 1.82) is 0 Å². The summed E-state index contributed by atoms with van der Waals surface area (Å²) in [6.07, 6.45) is 6.58. The Morgan fingerprint density at radius 2 is 1.75 bits per heavy atom. The van der Waals surface area contributed by atoms with Gasteiger partial charge in [-0.15, -0.1) is 0 Å².